The fraction of sp³-hybridized carbons (Fsp3) is 0.444. The lowest BCUT2D eigenvalue weighted by molar-refractivity contribution is 0.602. The fourth-order valence-corrected chi connectivity index (χ4v) is 5.46. The molecule has 0 spiro atoms. The summed E-state index contributed by atoms with van der Waals surface area (Å²) in [6.45, 7) is 4.06. The van der Waals surface area contributed by atoms with Crippen molar-refractivity contribution >= 4 is 27.2 Å². The molecule has 25 heavy (non-hydrogen) atoms. The van der Waals surface area contributed by atoms with Gasteiger partial charge in [-0.05, 0) is 38.3 Å². The molecule has 2 aliphatic heterocycles. The van der Waals surface area contributed by atoms with E-state index in [0.29, 0.717) is 24.1 Å². The van der Waals surface area contributed by atoms with Crippen molar-refractivity contribution in [3.8, 4) is 0 Å². The molecule has 1 saturated heterocycles. The molecule has 0 saturated carbocycles. The molecule has 2 aliphatic rings. The summed E-state index contributed by atoms with van der Waals surface area (Å²) >= 11 is 0. The minimum atomic E-state index is -2.92. The first-order valence-corrected chi connectivity index (χ1v) is 10.4. The molecule has 4 rings (SSSR count). The van der Waals surface area contributed by atoms with E-state index >= 15 is 0 Å². The van der Waals surface area contributed by atoms with Gasteiger partial charge >= 0.3 is 0 Å². The number of aromatic nitrogens is 2. The Bertz CT molecular complexity index is 913. The number of hydrogen-bond acceptors (Lipinski definition) is 6. The number of benzene rings is 1. The monoisotopic (exact) mass is 358 g/mol. The third-order valence-electron chi connectivity index (χ3n) is 4.86. The Morgan fingerprint density at radius 1 is 1.24 bits per heavy atom. The average molecular weight is 358 g/mol. The molecular formula is C18H22N4O2S. The van der Waals surface area contributed by atoms with Crippen molar-refractivity contribution < 1.29 is 8.42 Å². The molecule has 7 heteroatoms. The summed E-state index contributed by atoms with van der Waals surface area (Å²) in [6.07, 6.45) is 1.62. The molecule has 1 N–H and O–H groups in total. The molecule has 132 valence electrons. The zero-order chi connectivity index (χ0) is 17.6. The van der Waals surface area contributed by atoms with Gasteiger partial charge in [-0.2, -0.15) is 0 Å². The number of nitrogens with one attached hydrogen (secondary N) is 1. The van der Waals surface area contributed by atoms with E-state index in [1.807, 2.05) is 19.1 Å². The quantitative estimate of drug-likeness (QED) is 0.908. The molecule has 1 aromatic heterocycles. The normalized spacial score (nSPS) is 24.3. The second kappa shape index (κ2) is 5.98. The van der Waals surface area contributed by atoms with E-state index in [4.69, 9.17) is 0 Å². The molecule has 0 amide bonds. The Morgan fingerprint density at radius 2 is 2.04 bits per heavy atom. The largest absolute Gasteiger partial charge is 0.366 e. The Hall–Kier alpha value is -2.15. The number of rotatable bonds is 3. The van der Waals surface area contributed by atoms with Crippen LogP contribution in [0.2, 0.25) is 0 Å². The zero-order valence-electron chi connectivity index (χ0n) is 14.4. The molecule has 3 heterocycles. The maximum Gasteiger partial charge on any atom is 0.152 e. The Morgan fingerprint density at radius 3 is 2.80 bits per heavy atom. The van der Waals surface area contributed by atoms with E-state index in [-0.39, 0.29) is 17.5 Å². The van der Waals surface area contributed by atoms with Crippen LogP contribution in [-0.2, 0) is 16.3 Å². The summed E-state index contributed by atoms with van der Waals surface area (Å²) < 4.78 is 23.3. The van der Waals surface area contributed by atoms with Crippen molar-refractivity contribution in [2.75, 3.05) is 21.7 Å². The third-order valence-corrected chi connectivity index (χ3v) is 6.63. The Balaban J connectivity index is 1.64. The molecule has 0 radical (unpaired) electrons. The van der Waals surface area contributed by atoms with Gasteiger partial charge in [0.05, 0.1) is 11.5 Å². The maximum absolute atomic E-state index is 11.7. The highest BCUT2D eigenvalue weighted by Gasteiger charge is 2.30. The lowest BCUT2D eigenvalue weighted by Crippen LogP contribution is -2.26. The van der Waals surface area contributed by atoms with Crippen molar-refractivity contribution in [2.45, 2.75) is 38.8 Å². The van der Waals surface area contributed by atoms with Crippen LogP contribution in [0.4, 0.5) is 17.3 Å². The van der Waals surface area contributed by atoms with Crippen molar-refractivity contribution in [1.29, 1.82) is 0 Å². The molecule has 1 fully saturated rings. The van der Waals surface area contributed by atoms with Gasteiger partial charge in [0.15, 0.2) is 9.84 Å². The minimum absolute atomic E-state index is 0.0737. The van der Waals surface area contributed by atoms with Gasteiger partial charge < -0.3 is 10.2 Å². The highest BCUT2D eigenvalue weighted by Crippen LogP contribution is 2.37. The van der Waals surface area contributed by atoms with Crippen LogP contribution in [0.1, 0.15) is 24.7 Å². The highest BCUT2D eigenvalue weighted by molar-refractivity contribution is 7.91. The summed E-state index contributed by atoms with van der Waals surface area (Å²) in [4.78, 5) is 11.3. The fourth-order valence-electron chi connectivity index (χ4n) is 3.78. The minimum Gasteiger partial charge on any atom is -0.366 e. The van der Waals surface area contributed by atoms with Crippen molar-refractivity contribution in [2.24, 2.45) is 0 Å². The van der Waals surface area contributed by atoms with Crippen LogP contribution >= 0.6 is 0 Å². The van der Waals surface area contributed by atoms with Crippen LogP contribution in [0.5, 0.6) is 0 Å². The number of hydrogen-bond donors (Lipinski definition) is 1. The van der Waals surface area contributed by atoms with Gasteiger partial charge in [0.25, 0.3) is 0 Å². The summed E-state index contributed by atoms with van der Waals surface area (Å²) in [6, 6.07) is 10.6. The molecule has 1 aromatic carbocycles. The van der Waals surface area contributed by atoms with E-state index < -0.39 is 9.84 Å². The SMILES string of the molecule is Cc1nc(NC2CCS(=O)(=O)C2)cc(N2c3ccccc3CC2C)n1. The van der Waals surface area contributed by atoms with Gasteiger partial charge in [-0.25, -0.2) is 18.4 Å². The highest BCUT2D eigenvalue weighted by atomic mass is 32.2. The van der Waals surface area contributed by atoms with Gasteiger partial charge in [-0.15, -0.1) is 0 Å². The number of anilines is 3. The predicted molar refractivity (Wildman–Crippen MR) is 99.2 cm³/mol. The number of aryl methyl sites for hydroxylation is 1. The second-order valence-corrected chi connectivity index (χ2v) is 9.18. The summed E-state index contributed by atoms with van der Waals surface area (Å²) in [5.74, 6) is 2.65. The van der Waals surface area contributed by atoms with Gasteiger partial charge in [-0.3, -0.25) is 0 Å². The molecule has 2 unspecified atom stereocenters. The zero-order valence-corrected chi connectivity index (χ0v) is 15.3. The van der Waals surface area contributed by atoms with Crippen molar-refractivity contribution in [3.63, 3.8) is 0 Å². The molecule has 0 aliphatic carbocycles. The van der Waals surface area contributed by atoms with E-state index in [1.54, 1.807) is 0 Å². The predicted octanol–water partition coefficient (Wildman–Crippen LogP) is 2.47. The number of nitrogens with zero attached hydrogens (tertiary/aromatic N) is 3. The van der Waals surface area contributed by atoms with Crippen molar-refractivity contribution in [1.82, 2.24) is 9.97 Å². The molecule has 0 bridgehead atoms. The van der Waals surface area contributed by atoms with E-state index in [2.05, 4.69) is 45.3 Å². The van der Waals surface area contributed by atoms with Gasteiger partial charge in [0, 0.05) is 23.8 Å². The first-order chi connectivity index (χ1) is 11.9. The van der Waals surface area contributed by atoms with Gasteiger partial charge in [0.2, 0.25) is 0 Å². The van der Waals surface area contributed by atoms with Crippen LogP contribution < -0.4 is 10.2 Å². The third kappa shape index (κ3) is 3.20. The average Bonchev–Trinajstić information content (AvgIpc) is 3.04. The summed E-state index contributed by atoms with van der Waals surface area (Å²) in [5, 5.41) is 3.28. The molecule has 2 aromatic rings. The Labute approximate surface area is 148 Å². The van der Waals surface area contributed by atoms with Gasteiger partial charge in [0.1, 0.15) is 17.5 Å². The van der Waals surface area contributed by atoms with E-state index in [1.165, 1.54) is 11.3 Å². The van der Waals surface area contributed by atoms with Gasteiger partial charge in [-0.1, -0.05) is 18.2 Å². The topological polar surface area (TPSA) is 75.2 Å². The summed E-state index contributed by atoms with van der Waals surface area (Å²) in [5.41, 5.74) is 2.50. The molecule has 6 nitrogen and oxygen atoms in total. The molecular weight excluding hydrogens is 336 g/mol. The standard InChI is InChI=1S/C18H22N4O2S/c1-12-9-14-5-3-4-6-16(14)22(12)18-10-17(19-13(2)20-18)21-15-7-8-25(23,24)11-15/h3-6,10,12,15H,7-9,11H2,1-2H3,(H,19,20,21). The van der Waals surface area contributed by atoms with Crippen LogP contribution in [-0.4, -0.2) is 42.0 Å². The smallest absolute Gasteiger partial charge is 0.152 e. The van der Waals surface area contributed by atoms with Crippen LogP contribution in [0.25, 0.3) is 0 Å². The second-order valence-electron chi connectivity index (χ2n) is 6.95. The lowest BCUT2D eigenvalue weighted by Gasteiger charge is -2.25. The van der Waals surface area contributed by atoms with Crippen molar-refractivity contribution in [3.05, 3.63) is 41.7 Å². The summed E-state index contributed by atoms with van der Waals surface area (Å²) in [7, 11) is -2.92. The first kappa shape index (κ1) is 16.3. The maximum atomic E-state index is 11.7. The number of sulfone groups is 1. The number of para-hydroxylation sites is 1. The Kier molecular flexibility index (Phi) is 3.91. The lowest BCUT2D eigenvalue weighted by atomic mass is 10.1. The molecule has 2 atom stereocenters. The van der Waals surface area contributed by atoms with Crippen LogP contribution in [0, 0.1) is 6.92 Å². The van der Waals surface area contributed by atoms with Crippen LogP contribution in [0.15, 0.2) is 30.3 Å². The first-order valence-electron chi connectivity index (χ1n) is 8.61. The van der Waals surface area contributed by atoms with E-state index in [0.717, 1.165) is 12.2 Å². The van der Waals surface area contributed by atoms with E-state index in [9.17, 15) is 8.42 Å². The van der Waals surface area contributed by atoms with Crippen LogP contribution in [0.3, 0.4) is 0 Å². The number of fused-ring (bicyclic) bond motifs is 1.